The van der Waals surface area contributed by atoms with Crippen LogP contribution in [0.5, 0.6) is 5.75 Å². The fourth-order valence-corrected chi connectivity index (χ4v) is 2.47. The predicted molar refractivity (Wildman–Crippen MR) is 75.2 cm³/mol. The van der Waals surface area contributed by atoms with Crippen LogP contribution in [0.25, 0.3) is 5.69 Å². The van der Waals surface area contributed by atoms with E-state index in [0.29, 0.717) is 13.2 Å². The van der Waals surface area contributed by atoms with Gasteiger partial charge in [-0.15, -0.1) is 0 Å². The number of nitrogens with zero attached hydrogens (tertiary/aromatic N) is 1. The van der Waals surface area contributed by atoms with Crippen LogP contribution in [0.3, 0.4) is 0 Å². The quantitative estimate of drug-likeness (QED) is 0.824. The Hall–Kier alpha value is -1.94. The molecule has 2 N–H and O–H groups in total. The van der Waals surface area contributed by atoms with E-state index in [1.165, 1.54) is 11.4 Å². The van der Waals surface area contributed by atoms with Gasteiger partial charge in [0.05, 0.1) is 5.69 Å². The van der Waals surface area contributed by atoms with E-state index in [4.69, 9.17) is 4.74 Å². The molecule has 100 valence electrons. The van der Waals surface area contributed by atoms with Gasteiger partial charge < -0.3 is 19.7 Å². The van der Waals surface area contributed by atoms with Crippen LogP contribution in [0, 0.1) is 13.8 Å². The first-order chi connectivity index (χ1) is 9.15. The van der Waals surface area contributed by atoms with Gasteiger partial charge in [-0.3, -0.25) is 0 Å². The van der Waals surface area contributed by atoms with Crippen molar-refractivity contribution in [1.29, 1.82) is 0 Å². The second-order valence-corrected chi connectivity index (χ2v) is 4.98. The molecule has 1 aliphatic rings. The zero-order chi connectivity index (χ0) is 13.4. The average molecular weight is 258 g/mol. The number of hydrogen-bond donors (Lipinski definition) is 2. The lowest BCUT2D eigenvalue weighted by Crippen LogP contribution is -2.23. The maximum absolute atomic E-state index is 9.61. The molecule has 1 unspecified atom stereocenters. The van der Waals surface area contributed by atoms with E-state index in [0.717, 1.165) is 17.1 Å². The zero-order valence-electron chi connectivity index (χ0n) is 11.2. The van der Waals surface area contributed by atoms with Crippen molar-refractivity contribution in [2.45, 2.75) is 20.0 Å². The van der Waals surface area contributed by atoms with Crippen molar-refractivity contribution in [1.82, 2.24) is 4.57 Å². The van der Waals surface area contributed by atoms with E-state index in [1.807, 2.05) is 12.1 Å². The smallest absolute Gasteiger partial charge is 0.142 e. The molecular formula is C15H18N2O2. The summed E-state index contributed by atoms with van der Waals surface area (Å²) in [6.07, 6.45) is -0.467. The summed E-state index contributed by atoms with van der Waals surface area (Å²) < 4.78 is 7.77. The molecule has 1 aromatic carbocycles. The SMILES string of the molecule is Cc1ccc(C)n1-c1ccc2c(c1)NCC(O)CO2. The first-order valence-corrected chi connectivity index (χ1v) is 6.49. The molecule has 0 saturated carbocycles. The normalized spacial score (nSPS) is 18.2. The van der Waals surface area contributed by atoms with Gasteiger partial charge in [-0.05, 0) is 44.2 Å². The number of benzene rings is 1. The zero-order valence-corrected chi connectivity index (χ0v) is 11.2. The number of fused-ring (bicyclic) bond motifs is 1. The van der Waals surface area contributed by atoms with E-state index in [9.17, 15) is 5.11 Å². The highest BCUT2D eigenvalue weighted by molar-refractivity contribution is 5.62. The summed E-state index contributed by atoms with van der Waals surface area (Å²) in [4.78, 5) is 0. The molecule has 0 aliphatic carbocycles. The van der Waals surface area contributed by atoms with Crippen LogP contribution in [0.4, 0.5) is 5.69 Å². The summed E-state index contributed by atoms with van der Waals surface area (Å²) in [6.45, 7) is 5.03. The number of aliphatic hydroxyl groups excluding tert-OH is 1. The van der Waals surface area contributed by atoms with E-state index in [1.54, 1.807) is 0 Å². The Morgan fingerprint density at radius 3 is 2.68 bits per heavy atom. The van der Waals surface area contributed by atoms with Gasteiger partial charge in [-0.25, -0.2) is 0 Å². The summed E-state index contributed by atoms with van der Waals surface area (Å²) in [5, 5.41) is 12.8. The minimum absolute atomic E-state index is 0.334. The Morgan fingerprint density at radius 2 is 1.95 bits per heavy atom. The van der Waals surface area contributed by atoms with Crippen LogP contribution in [0.2, 0.25) is 0 Å². The largest absolute Gasteiger partial charge is 0.489 e. The van der Waals surface area contributed by atoms with Crippen molar-refractivity contribution in [3.63, 3.8) is 0 Å². The molecule has 4 nitrogen and oxygen atoms in total. The highest BCUT2D eigenvalue weighted by atomic mass is 16.5. The van der Waals surface area contributed by atoms with Gasteiger partial charge in [-0.2, -0.15) is 0 Å². The number of nitrogens with one attached hydrogen (secondary N) is 1. The molecule has 0 radical (unpaired) electrons. The van der Waals surface area contributed by atoms with Crippen LogP contribution in [0.15, 0.2) is 30.3 Å². The Labute approximate surface area is 112 Å². The third-order valence-electron chi connectivity index (χ3n) is 3.45. The van der Waals surface area contributed by atoms with Gasteiger partial charge in [0.2, 0.25) is 0 Å². The topological polar surface area (TPSA) is 46.4 Å². The summed E-state index contributed by atoms with van der Waals surface area (Å²) >= 11 is 0. The first-order valence-electron chi connectivity index (χ1n) is 6.49. The Kier molecular flexibility index (Phi) is 2.95. The molecule has 0 spiro atoms. The van der Waals surface area contributed by atoms with Crippen molar-refractivity contribution >= 4 is 5.69 Å². The number of aromatic nitrogens is 1. The second kappa shape index (κ2) is 4.63. The van der Waals surface area contributed by atoms with Gasteiger partial charge in [0.25, 0.3) is 0 Å². The molecule has 2 aromatic rings. The molecule has 0 fully saturated rings. The second-order valence-electron chi connectivity index (χ2n) is 4.98. The first kappa shape index (κ1) is 12.1. The van der Waals surface area contributed by atoms with Crippen molar-refractivity contribution in [3.05, 3.63) is 41.7 Å². The van der Waals surface area contributed by atoms with E-state index < -0.39 is 6.10 Å². The lowest BCUT2D eigenvalue weighted by molar-refractivity contribution is 0.122. The average Bonchev–Trinajstić information content (AvgIpc) is 2.62. The number of ether oxygens (including phenoxy) is 1. The molecular weight excluding hydrogens is 240 g/mol. The van der Waals surface area contributed by atoms with Crippen LogP contribution in [0.1, 0.15) is 11.4 Å². The van der Waals surface area contributed by atoms with Gasteiger partial charge >= 0.3 is 0 Å². The fourth-order valence-electron chi connectivity index (χ4n) is 2.47. The molecule has 0 amide bonds. The lowest BCUT2D eigenvalue weighted by atomic mass is 10.2. The molecule has 1 aromatic heterocycles. The summed E-state index contributed by atoms with van der Waals surface area (Å²) in [6, 6.07) is 10.3. The molecule has 3 rings (SSSR count). The number of rotatable bonds is 1. The molecule has 1 atom stereocenters. The number of hydrogen-bond acceptors (Lipinski definition) is 3. The molecule has 1 aliphatic heterocycles. The van der Waals surface area contributed by atoms with Gasteiger partial charge in [0.15, 0.2) is 0 Å². The van der Waals surface area contributed by atoms with Crippen LogP contribution >= 0.6 is 0 Å². The molecule has 0 saturated heterocycles. The number of aryl methyl sites for hydroxylation is 2. The molecule has 0 bridgehead atoms. The van der Waals surface area contributed by atoms with Crippen LogP contribution < -0.4 is 10.1 Å². The maximum atomic E-state index is 9.61. The third-order valence-corrected chi connectivity index (χ3v) is 3.45. The van der Waals surface area contributed by atoms with Crippen molar-refractivity contribution in [3.8, 4) is 11.4 Å². The number of anilines is 1. The lowest BCUT2D eigenvalue weighted by Gasteiger charge is -2.13. The van der Waals surface area contributed by atoms with E-state index in [2.05, 4.69) is 41.9 Å². The van der Waals surface area contributed by atoms with Gasteiger partial charge in [-0.1, -0.05) is 0 Å². The Balaban J connectivity index is 2.02. The highest BCUT2D eigenvalue weighted by Gasteiger charge is 2.15. The summed E-state index contributed by atoms with van der Waals surface area (Å²) in [7, 11) is 0. The van der Waals surface area contributed by atoms with E-state index >= 15 is 0 Å². The number of β-amino-alcohol motifs (C(OH)–C–C–N with tert-alkyl or cyclic N) is 1. The predicted octanol–water partition coefficient (Wildman–Crippen LogP) is 2.26. The monoisotopic (exact) mass is 258 g/mol. The van der Waals surface area contributed by atoms with Crippen molar-refractivity contribution < 1.29 is 9.84 Å². The van der Waals surface area contributed by atoms with Crippen molar-refractivity contribution in [2.75, 3.05) is 18.5 Å². The summed E-state index contributed by atoms with van der Waals surface area (Å²) in [5.74, 6) is 0.794. The standard InChI is InChI=1S/C15H18N2O2/c1-10-3-4-11(2)17(10)12-5-6-15-14(7-12)16-8-13(18)9-19-15/h3-7,13,16,18H,8-9H2,1-2H3. The molecule has 2 heterocycles. The van der Waals surface area contributed by atoms with Crippen molar-refractivity contribution in [2.24, 2.45) is 0 Å². The van der Waals surface area contributed by atoms with Gasteiger partial charge in [0.1, 0.15) is 18.5 Å². The third kappa shape index (κ3) is 2.19. The number of aliphatic hydroxyl groups is 1. The van der Waals surface area contributed by atoms with E-state index in [-0.39, 0.29) is 0 Å². The van der Waals surface area contributed by atoms with Crippen LogP contribution in [-0.2, 0) is 0 Å². The maximum Gasteiger partial charge on any atom is 0.142 e. The minimum atomic E-state index is -0.467. The van der Waals surface area contributed by atoms with Crippen LogP contribution in [-0.4, -0.2) is 28.9 Å². The van der Waals surface area contributed by atoms with Gasteiger partial charge in [0, 0.05) is 23.6 Å². The Morgan fingerprint density at radius 1 is 1.21 bits per heavy atom. The highest BCUT2D eigenvalue weighted by Crippen LogP contribution is 2.30. The summed E-state index contributed by atoms with van der Waals surface area (Å²) in [5.41, 5.74) is 4.44. The molecule has 19 heavy (non-hydrogen) atoms. The minimum Gasteiger partial charge on any atom is -0.489 e. The molecule has 4 heteroatoms. The fraction of sp³-hybridized carbons (Fsp3) is 0.333. The Bertz CT molecular complexity index is 585.